The highest BCUT2D eigenvalue weighted by atomic mass is 16.8. The maximum atomic E-state index is 12.4. The second-order valence-electron chi connectivity index (χ2n) is 5.39. The van der Waals surface area contributed by atoms with Crippen LogP contribution in [-0.2, 0) is 24.6 Å². The molecule has 0 amide bonds. The molecule has 3 rings (SSSR count). The Balaban J connectivity index is 2.19. The van der Waals surface area contributed by atoms with Gasteiger partial charge in [0.1, 0.15) is 0 Å². The Kier molecular flexibility index (Phi) is 2.51. The first-order valence-corrected chi connectivity index (χ1v) is 6.49. The molecule has 0 N–H and O–H groups in total. The van der Waals surface area contributed by atoms with Gasteiger partial charge in [0.2, 0.25) is 11.4 Å². The molecule has 2 aliphatic heterocycles. The van der Waals surface area contributed by atoms with E-state index in [1.54, 1.807) is 13.8 Å². The number of hydrogen-bond acceptors (Lipinski definition) is 5. The van der Waals surface area contributed by atoms with Crippen molar-refractivity contribution in [3.63, 3.8) is 0 Å². The zero-order chi connectivity index (χ0) is 14.6. The van der Waals surface area contributed by atoms with E-state index in [9.17, 15) is 4.79 Å². The van der Waals surface area contributed by atoms with Crippen molar-refractivity contribution < 1.29 is 19.0 Å². The quantitative estimate of drug-likeness (QED) is 0.775. The van der Waals surface area contributed by atoms with Crippen molar-refractivity contribution >= 4 is 11.9 Å². The molecule has 0 bridgehead atoms. The Morgan fingerprint density at radius 2 is 1.90 bits per heavy atom. The monoisotopic (exact) mass is 275 g/mol. The summed E-state index contributed by atoms with van der Waals surface area (Å²) in [7, 11) is 1.35. The van der Waals surface area contributed by atoms with Crippen molar-refractivity contribution in [3.8, 4) is 0 Å². The molecule has 0 aromatic heterocycles. The molecule has 1 saturated heterocycles. The number of aliphatic imine (C=N–C) groups is 1. The summed E-state index contributed by atoms with van der Waals surface area (Å²) < 4.78 is 16.6. The highest BCUT2D eigenvalue weighted by Gasteiger charge is 2.81. The number of methoxy groups -OCH3 is 1. The van der Waals surface area contributed by atoms with Crippen LogP contribution in [0.15, 0.2) is 35.3 Å². The molecule has 1 aromatic rings. The van der Waals surface area contributed by atoms with Gasteiger partial charge in [-0.2, -0.15) is 0 Å². The molecule has 2 aliphatic rings. The molecule has 0 unspecified atom stereocenters. The van der Waals surface area contributed by atoms with Crippen LogP contribution in [0.1, 0.15) is 26.3 Å². The van der Waals surface area contributed by atoms with E-state index >= 15 is 0 Å². The van der Waals surface area contributed by atoms with Crippen molar-refractivity contribution in [1.82, 2.24) is 0 Å². The molecule has 1 aromatic carbocycles. The molecule has 1 fully saturated rings. The Bertz CT molecular complexity index is 599. The smallest absolute Gasteiger partial charge is 0.345 e. The number of esters is 1. The van der Waals surface area contributed by atoms with Gasteiger partial charge >= 0.3 is 5.97 Å². The first kappa shape index (κ1) is 13.1. The van der Waals surface area contributed by atoms with Gasteiger partial charge in [0.25, 0.3) is 0 Å². The lowest BCUT2D eigenvalue weighted by molar-refractivity contribution is -0.384. The van der Waals surface area contributed by atoms with E-state index in [-0.39, 0.29) is 0 Å². The first-order valence-electron chi connectivity index (χ1n) is 6.49. The maximum Gasteiger partial charge on any atom is 0.345 e. The van der Waals surface area contributed by atoms with Gasteiger partial charge in [-0.05, 0) is 12.5 Å². The predicted molar refractivity (Wildman–Crippen MR) is 72.2 cm³/mol. The second kappa shape index (κ2) is 3.82. The number of carbonyl (C=O) groups excluding carboxylic acids is 1. The fraction of sp³-hybridized carbons (Fsp3) is 0.467. The fourth-order valence-corrected chi connectivity index (χ4v) is 3.20. The number of nitrogens with zero attached hydrogens (tertiary/aromatic N) is 1. The summed E-state index contributed by atoms with van der Waals surface area (Å²) in [6.45, 7) is 5.40. The third-order valence-electron chi connectivity index (χ3n) is 4.29. The van der Waals surface area contributed by atoms with Crippen LogP contribution in [0.2, 0.25) is 0 Å². The molecule has 0 radical (unpaired) electrons. The van der Waals surface area contributed by atoms with Gasteiger partial charge < -0.3 is 14.2 Å². The number of rotatable bonds is 2. The van der Waals surface area contributed by atoms with Crippen LogP contribution in [0.25, 0.3) is 0 Å². The molecule has 5 heteroatoms. The van der Waals surface area contributed by atoms with Crippen LogP contribution in [0.4, 0.5) is 0 Å². The third-order valence-corrected chi connectivity index (χ3v) is 4.29. The summed E-state index contributed by atoms with van der Waals surface area (Å²) in [5, 5.41) is 0. The minimum absolute atomic E-state index is 0.467. The van der Waals surface area contributed by atoms with Crippen molar-refractivity contribution in [1.29, 1.82) is 0 Å². The number of hydrogen-bond donors (Lipinski definition) is 0. The van der Waals surface area contributed by atoms with E-state index in [4.69, 9.17) is 14.2 Å². The summed E-state index contributed by atoms with van der Waals surface area (Å²) in [6.07, 6.45) is 0. The molecular weight excluding hydrogens is 258 g/mol. The van der Waals surface area contributed by atoms with E-state index in [1.165, 1.54) is 7.11 Å². The third kappa shape index (κ3) is 1.26. The summed E-state index contributed by atoms with van der Waals surface area (Å²) in [5.41, 5.74) is -1.40. The lowest BCUT2D eigenvalue weighted by Crippen LogP contribution is -2.78. The number of carbonyl (C=O) groups is 1. The standard InChI is InChI=1S/C15H17NO4/c1-10-16-13(2)14(3,19-10)20-15(13,12(17)18-4)11-8-6-5-7-9-11/h5-9H,1-4H3/t13-,14-,15-/m0/s1. The minimum atomic E-state index is -1.27. The zero-order valence-corrected chi connectivity index (χ0v) is 12.0. The lowest BCUT2D eigenvalue weighted by atomic mass is 9.66. The van der Waals surface area contributed by atoms with Crippen LogP contribution >= 0.6 is 0 Å². The number of benzene rings is 1. The van der Waals surface area contributed by atoms with E-state index in [2.05, 4.69) is 4.99 Å². The first-order chi connectivity index (χ1) is 9.39. The van der Waals surface area contributed by atoms with Crippen molar-refractivity contribution in [2.75, 3.05) is 7.11 Å². The Morgan fingerprint density at radius 1 is 1.25 bits per heavy atom. The van der Waals surface area contributed by atoms with E-state index in [0.29, 0.717) is 11.5 Å². The van der Waals surface area contributed by atoms with Crippen LogP contribution in [0, 0.1) is 0 Å². The zero-order valence-electron chi connectivity index (χ0n) is 12.0. The van der Waals surface area contributed by atoms with Crippen molar-refractivity contribution in [3.05, 3.63) is 35.9 Å². The van der Waals surface area contributed by atoms with Crippen LogP contribution < -0.4 is 0 Å². The average Bonchev–Trinajstić information content (AvgIpc) is 2.61. The Labute approximate surface area is 117 Å². The number of ether oxygens (including phenoxy) is 3. The summed E-state index contributed by atoms with van der Waals surface area (Å²) in [4.78, 5) is 17.0. The van der Waals surface area contributed by atoms with Crippen molar-refractivity contribution in [2.45, 2.75) is 37.7 Å². The van der Waals surface area contributed by atoms with Crippen LogP contribution in [0.3, 0.4) is 0 Å². The molecule has 0 saturated carbocycles. The van der Waals surface area contributed by atoms with Gasteiger partial charge in [0.15, 0.2) is 11.4 Å². The highest BCUT2D eigenvalue weighted by molar-refractivity contribution is 5.88. The molecule has 2 heterocycles. The molecule has 5 nitrogen and oxygen atoms in total. The predicted octanol–water partition coefficient (Wildman–Crippen LogP) is 2.01. The Hall–Kier alpha value is -1.88. The van der Waals surface area contributed by atoms with Gasteiger partial charge in [-0.25, -0.2) is 9.79 Å². The number of fused-ring (bicyclic) bond motifs is 1. The topological polar surface area (TPSA) is 57.1 Å². The minimum Gasteiger partial charge on any atom is -0.467 e. The van der Waals surface area contributed by atoms with Gasteiger partial charge in [0.05, 0.1) is 7.11 Å². The molecule has 0 spiro atoms. The largest absolute Gasteiger partial charge is 0.467 e. The Morgan fingerprint density at radius 3 is 2.45 bits per heavy atom. The van der Waals surface area contributed by atoms with Gasteiger partial charge in [-0.1, -0.05) is 30.3 Å². The summed E-state index contributed by atoms with van der Waals surface area (Å²) in [6, 6.07) is 9.27. The lowest BCUT2D eigenvalue weighted by Gasteiger charge is -2.59. The van der Waals surface area contributed by atoms with Crippen LogP contribution in [0.5, 0.6) is 0 Å². The molecular formula is C15H17NO4. The van der Waals surface area contributed by atoms with E-state index in [0.717, 1.165) is 0 Å². The molecule has 20 heavy (non-hydrogen) atoms. The van der Waals surface area contributed by atoms with Gasteiger partial charge in [-0.15, -0.1) is 0 Å². The summed E-state index contributed by atoms with van der Waals surface area (Å²) in [5.74, 6) is -0.899. The van der Waals surface area contributed by atoms with Gasteiger partial charge in [-0.3, -0.25) is 0 Å². The van der Waals surface area contributed by atoms with Gasteiger partial charge in [0, 0.05) is 13.8 Å². The molecule has 3 atom stereocenters. The summed E-state index contributed by atoms with van der Waals surface area (Å²) >= 11 is 0. The maximum absolute atomic E-state index is 12.4. The molecule has 0 aliphatic carbocycles. The second-order valence-corrected chi connectivity index (χ2v) is 5.39. The SMILES string of the molecule is COC(=O)[C@]1(c2ccccc2)O[C@]2(C)OC(C)=N[C@@]21C. The normalized spacial score (nSPS) is 38.3. The fourth-order valence-electron chi connectivity index (χ4n) is 3.20. The molecule has 106 valence electrons. The van der Waals surface area contributed by atoms with E-state index < -0.39 is 22.9 Å². The van der Waals surface area contributed by atoms with E-state index in [1.807, 2.05) is 37.3 Å². The highest BCUT2D eigenvalue weighted by Crippen LogP contribution is 2.62. The van der Waals surface area contributed by atoms with Crippen molar-refractivity contribution in [2.24, 2.45) is 4.99 Å². The van der Waals surface area contributed by atoms with Crippen LogP contribution in [-0.4, -0.2) is 30.3 Å². The average molecular weight is 275 g/mol.